The number of benzene rings is 1. The molecule has 0 N–H and O–H groups in total. The second kappa shape index (κ2) is 5.42. The molecule has 3 nitrogen and oxygen atoms in total. The van der Waals surface area contributed by atoms with Crippen molar-refractivity contribution in [3.8, 4) is 11.8 Å². The highest BCUT2D eigenvalue weighted by Gasteiger charge is 2.14. The van der Waals surface area contributed by atoms with Gasteiger partial charge in [-0.15, -0.1) is 0 Å². The molecule has 0 aliphatic rings. The number of nitro benzene ring substituents is 1. The van der Waals surface area contributed by atoms with Gasteiger partial charge in [0.1, 0.15) is 5.56 Å². The Labute approximate surface area is 94.1 Å². The van der Waals surface area contributed by atoms with E-state index in [1.807, 2.05) is 0 Å². The minimum absolute atomic E-state index is 0.101. The lowest BCUT2D eigenvalue weighted by Gasteiger charge is -1.98. The van der Waals surface area contributed by atoms with Crippen molar-refractivity contribution in [2.24, 2.45) is 0 Å². The number of hydrogen-bond acceptors (Lipinski definition) is 3. The number of aryl methyl sites for hydroxylation is 1. The summed E-state index contributed by atoms with van der Waals surface area (Å²) in [7, 11) is 0. The number of rotatable bonds is 2. The fraction of sp³-hybridized carbons (Fsp3) is 0.273. The lowest BCUT2D eigenvalue weighted by atomic mass is 10.1. The van der Waals surface area contributed by atoms with Gasteiger partial charge in [-0.25, -0.2) is 0 Å². The van der Waals surface area contributed by atoms with Gasteiger partial charge in [-0.05, 0) is 13.0 Å². The van der Waals surface area contributed by atoms with Gasteiger partial charge in [0.2, 0.25) is 0 Å². The molecule has 0 spiro atoms. The van der Waals surface area contributed by atoms with Crippen LogP contribution in [0.4, 0.5) is 5.69 Å². The lowest BCUT2D eigenvalue weighted by Crippen LogP contribution is -1.95. The summed E-state index contributed by atoms with van der Waals surface area (Å²) in [6.07, 6.45) is 0.633. The summed E-state index contributed by atoms with van der Waals surface area (Å²) in [5, 5.41) is 10.8. The van der Waals surface area contributed by atoms with Crippen LogP contribution in [0.3, 0.4) is 0 Å². The van der Waals surface area contributed by atoms with Gasteiger partial charge >= 0.3 is 0 Å². The first kappa shape index (κ1) is 11.6. The van der Waals surface area contributed by atoms with Crippen LogP contribution in [-0.2, 0) is 0 Å². The van der Waals surface area contributed by atoms with E-state index in [1.54, 1.807) is 25.1 Å². The first-order valence-electron chi connectivity index (χ1n) is 4.50. The predicted octanol–water partition coefficient (Wildman–Crippen LogP) is 2.57. The zero-order valence-electron chi connectivity index (χ0n) is 8.36. The van der Waals surface area contributed by atoms with Gasteiger partial charge in [-0.1, -0.05) is 24.0 Å². The Hall–Kier alpha value is -1.47. The van der Waals surface area contributed by atoms with E-state index in [-0.39, 0.29) is 10.6 Å². The molecule has 0 unspecified atom stereocenters. The molecule has 78 valence electrons. The molecule has 1 rings (SSSR count). The predicted molar refractivity (Wildman–Crippen MR) is 63.2 cm³/mol. The molecular formula is C11H11NO2S. The fourth-order valence-electron chi connectivity index (χ4n) is 1.22. The van der Waals surface area contributed by atoms with Crippen LogP contribution in [0.15, 0.2) is 18.2 Å². The second-order valence-electron chi connectivity index (χ2n) is 3.00. The summed E-state index contributed by atoms with van der Waals surface area (Å²) in [5.41, 5.74) is 1.21. The van der Waals surface area contributed by atoms with Gasteiger partial charge in [0.25, 0.3) is 5.69 Å². The molecule has 0 bridgehead atoms. The van der Waals surface area contributed by atoms with Crippen LogP contribution in [0, 0.1) is 28.9 Å². The summed E-state index contributed by atoms with van der Waals surface area (Å²) in [6.45, 7) is 1.71. The molecule has 0 fully saturated rings. The summed E-state index contributed by atoms with van der Waals surface area (Å²) >= 11 is 4.02. The second-order valence-corrected chi connectivity index (χ2v) is 3.45. The van der Waals surface area contributed by atoms with Gasteiger partial charge in [0.15, 0.2) is 0 Å². The van der Waals surface area contributed by atoms with E-state index in [2.05, 4.69) is 24.5 Å². The smallest absolute Gasteiger partial charge is 0.258 e. The van der Waals surface area contributed by atoms with E-state index in [0.29, 0.717) is 23.3 Å². The molecule has 1 aromatic rings. The van der Waals surface area contributed by atoms with E-state index in [1.165, 1.54) is 0 Å². The average Bonchev–Trinajstić information content (AvgIpc) is 2.17. The molecule has 0 amide bonds. The highest BCUT2D eigenvalue weighted by Crippen LogP contribution is 2.21. The lowest BCUT2D eigenvalue weighted by molar-refractivity contribution is -0.385. The van der Waals surface area contributed by atoms with Crippen LogP contribution in [0.25, 0.3) is 0 Å². The van der Waals surface area contributed by atoms with Crippen molar-refractivity contribution in [3.63, 3.8) is 0 Å². The third-order valence-corrected chi connectivity index (χ3v) is 2.10. The minimum Gasteiger partial charge on any atom is -0.258 e. The Bertz CT molecular complexity index is 432. The molecule has 0 heterocycles. The van der Waals surface area contributed by atoms with Gasteiger partial charge in [0.05, 0.1) is 4.92 Å². The summed E-state index contributed by atoms with van der Waals surface area (Å²) in [6, 6.07) is 5.14. The van der Waals surface area contributed by atoms with Crippen molar-refractivity contribution >= 4 is 18.3 Å². The van der Waals surface area contributed by atoms with Gasteiger partial charge in [-0.2, -0.15) is 12.6 Å². The van der Waals surface area contributed by atoms with Crippen molar-refractivity contribution in [1.82, 2.24) is 0 Å². The average molecular weight is 221 g/mol. The van der Waals surface area contributed by atoms with Crippen molar-refractivity contribution in [3.05, 3.63) is 39.4 Å². The maximum atomic E-state index is 10.8. The Kier molecular flexibility index (Phi) is 4.19. The third kappa shape index (κ3) is 3.00. The SMILES string of the molecule is Cc1cccc(C#CCCS)c1[N+](=O)[O-]. The maximum absolute atomic E-state index is 10.8. The van der Waals surface area contributed by atoms with Crippen LogP contribution in [-0.4, -0.2) is 10.7 Å². The van der Waals surface area contributed by atoms with E-state index >= 15 is 0 Å². The summed E-state index contributed by atoms with van der Waals surface area (Å²) in [4.78, 5) is 10.4. The molecule has 0 aromatic heterocycles. The zero-order chi connectivity index (χ0) is 11.3. The molecule has 0 aliphatic heterocycles. The normalized spacial score (nSPS) is 9.20. The van der Waals surface area contributed by atoms with Crippen LogP contribution < -0.4 is 0 Å². The maximum Gasteiger partial charge on any atom is 0.287 e. The van der Waals surface area contributed by atoms with Gasteiger partial charge in [-0.3, -0.25) is 10.1 Å². The van der Waals surface area contributed by atoms with Gasteiger partial charge in [0, 0.05) is 17.7 Å². The van der Waals surface area contributed by atoms with Crippen molar-refractivity contribution in [2.45, 2.75) is 13.3 Å². The zero-order valence-corrected chi connectivity index (χ0v) is 9.25. The van der Waals surface area contributed by atoms with Crippen LogP contribution >= 0.6 is 12.6 Å². The number of nitro groups is 1. The van der Waals surface area contributed by atoms with Crippen LogP contribution in [0.2, 0.25) is 0 Å². The molecule has 0 saturated heterocycles. The van der Waals surface area contributed by atoms with Gasteiger partial charge < -0.3 is 0 Å². The van der Waals surface area contributed by atoms with E-state index in [0.717, 1.165) is 0 Å². The molecule has 0 atom stereocenters. The first-order valence-corrected chi connectivity index (χ1v) is 5.14. The Morgan fingerprint density at radius 3 is 2.87 bits per heavy atom. The number of para-hydroxylation sites is 1. The number of nitrogens with zero attached hydrogens (tertiary/aromatic N) is 1. The minimum atomic E-state index is -0.389. The van der Waals surface area contributed by atoms with Crippen LogP contribution in [0.1, 0.15) is 17.5 Å². The highest BCUT2D eigenvalue weighted by molar-refractivity contribution is 7.80. The summed E-state index contributed by atoms with van der Waals surface area (Å²) < 4.78 is 0. The molecule has 0 aliphatic carbocycles. The third-order valence-electron chi connectivity index (χ3n) is 1.88. The van der Waals surface area contributed by atoms with Crippen LogP contribution in [0.5, 0.6) is 0 Å². The molecule has 4 heteroatoms. The molecular weight excluding hydrogens is 210 g/mol. The van der Waals surface area contributed by atoms with Crippen molar-refractivity contribution < 1.29 is 4.92 Å². The Balaban J connectivity index is 3.13. The summed E-state index contributed by atoms with van der Waals surface area (Å²) in [5.74, 6) is 6.30. The standard InChI is InChI=1S/C11H11NO2S/c1-9-5-4-7-10(6-2-3-8-15)11(9)12(13)14/h4-5,7,15H,3,8H2,1H3. The molecule has 0 saturated carbocycles. The van der Waals surface area contributed by atoms with E-state index in [9.17, 15) is 10.1 Å². The molecule has 15 heavy (non-hydrogen) atoms. The van der Waals surface area contributed by atoms with E-state index in [4.69, 9.17) is 0 Å². The molecule has 1 aromatic carbocycles. The number of hydrogen-bond donors (Lipinski definition) is 1. The monoisotopic (exact) mass is 221 g/mol. The Morgan fingerprint density at radius 1 is 1.53 bits per heavy atom. The quantitative estimate of drug-likeness (QED) is 0.361. The van der Waals surface area contributed by atoms with E-state index < -0.39 is 0 Å². The molecule has 0 radical (unpaired) electrons. The fourth-order valence-corrected chi connectivity index (χ4v) is 1.33. The topological polar surface area (TPSA) is 43.1 Å². The van der Waals surface area contributed by atoms with Crippen molar-refractivity contribution in [1.29, 1.82) is 0 Å². The Morgan fingerprint density at radius 2 is 2.27 bits per heavy atom. The highest BCUT2D eigenvalue weighted by atomic mass is 32.1. The first-order chi connectivity index (χ1) is 7.16. The number of thiol groups is 1. The largest absolute Gasteiger partial charge is 0.287 e. The van der Waals surface area contributed by atoms with Crippen molar-refractivity contribution in [2.75, 3.05) is 5.75 Å².